The Morgan fingerprint density at radius 3 is 2.15 bits per heavy atom. The highest BCUT2D eigenvalue weighted by molar-refractivity contribution is 8.02. The molecule has 1 aromatic heterocycles. The Bertz CT molecular complexity index is 1250. The summed E-state index contributed by atoms with van der Waals surface area (Å²) in [6.45, 7) is 5.31. The number of carbonyl (C=O) groups is 3. The lowest BCUT2D eigenvalue weighted by Gasteiger charge is -2.50. The van der Waals surface area contributed by atoms with Crippen molar-refractivity contribution in [2.45, 2.75) is 159 Å². The number of anilines is 1. The van der Waals surface area contributed by atoms with Crippen LogP contribution in [-0.2, 0) is 33.4 Å². The molecule has 0 aromatic carbocycles. The van der Waals surface area contributed by atoms with Gasteiger partial charge in [-0.15, -0.1) is 23.1 Å². The van der Waals surface area contributed by atoms with Crippen molar-refractivity contribution in [3.8, 4) is 0 Å². The number of nitrogen functional groups attached to an aromatic ring is 1. The number of carbonyl (C=O) groups excluding carboxylic acids is 3. The van der Waals surface area contributed by atoms with Crippen LogP contribution in [0.4, 0.5) is 5.13 Å². The Morgan fingerprint density at radius 2 is 1.56 bits per heavy atom. The first-order valence-electron chi connectivity index (χ1n) is 19.5. The van der Waals surface area contributed by atoms with E-state index in [1.807, 2.05) is 0 Å². The maximum Gasteiger partial charge on any atom is 0.335 e. The average Bonchev–Trinajstić information content (AvgIpc) is 3.58. The number of nitrogens with one attached hydrogen (secondary N) is 1. The molecule has 2 amide bonds. The normalized spacial score (nSPS) is 18.9. The number of nitrogens with two attached hydrogens (primary N) is 1. The van der Waals surface area contributed by atoms with E-state index in [1.165, 1.54) is 127 Å². The van der Waals surface area contributed by atoms with E-state index in [9.17, 15) is 14.4 Å². The van der Waals surface area contributed by atoms with Gasteiger partial charge in [0, 0.05) is 12.0 Å². The summed E-state index contributed by atoms with van der Waals surface area (Å²) in [6, 6.07) is -1.78. The molecule has 3 heterocycles. The summed E-state index contributed by atoms with van der Waals surface area (Å²) < 4.78 is 17.5. The Labute approximate surface area is 319 Å². The van der Waals surface area contributed by atoms with Gasteiger partial charge < -0.3 is 35.0 Å². The molecule has 2 aliphatic rings. The number of ether oxygens (including phenoxy) is 3. The van der Waals surface area contributed by atoms with Gasteiger partial charge in [0.15, 0.2) is 17.6 Å². The first-order chi connectivity index (χ1) is 25.4. The third-order valence-corrected chi connectivity index (χ3v) is 11.1. The minimum Gasteiger partial charge on any atom is -0.437 e. The van der Waals surface area contributed by atoms with Crippen LogP contribution in [0.5, 0.6) is 0 Å². The fourth-order valence-electron chi connectivity index (χ4n) is 6.37. The van der Waals surface area contributed by atoms with E-state index in [-0.39, 0.29) is 29.4 Å². The van der Waals surface area contributed by atoms with Crippen LogP contribution in [0.15, 0.2) is 22.0 Å². The van der Waals surface area contributed by atoms with Gasteiger partial charge >= 0.3 is 5.97 Å². The Kier molecular flexibility index (Phi) is 22.0. The maximum atomic E-state index is 13.2. The lowest BCUT2D eigenvalue weighted by Crippen LogP contribution is -2.73. The van der Waals surface area contributed by atoms with E-state index in [4.69, 9.17) is 24.8 Å². The van der Waals surface area contributed by atoms with Crippen molar-refractivity contribution < 1.29 is 33.4 Å². The number of fused-ring (bicyclic) bond motifs is 1. The fraction of sp³-hybridized carbons (Fsp3) is 0.763. The van der Waals surface area contributed by atoms with E-state index in [1.54, 1.807) is 16.9 Å². The van der Waals surface area contributed by atoms with Gasteiger partial charge in [-0.2, -0.15) is 0 Å². The van der Waals surface area contributed by atoms with Gasteiger partial charge in [-0.05, 0) is 24.3 Å². The molecule has 3 N–H and O–H groups in total. The molecule has 0 bridgehead atoms. The van der Waals surface area contributed by atoms with E-state index in [0.717, 1.165) is 30.6 Å². The second-order valence-electron chi connectivity index (χ2n) is 13.6. The number of oxime groups is 1. The zero-order valence-corrected chi connectivity index (χ0v) is 33.3. The Morgan fingerprint density at radius 1 is 0.942 bits per heavy atom. The smallest absolute Gasteiger partial charge is 0.335 e. The highest BCUT2D eigenvalue weighted by Crippen LogP contribution is 2.37. The first kappa shape index (κ1) is 43.7. The van der Waals surface area contributed by atoms with Crippen molar-refractivity contribution in [3.63, 3.8) is 0 Å². The second-order valence-corrected chi connectivity index (χ2v) is 15.5. The molecule has 2 aliphatic heterocycles. The summed E-state index contributed by atoms with van der Waals surface area (Å²) in [6.07, 6.45) is 25.3. The van der Waals surface area contributed by atoms with Crippen LogP contribution in [0.3, 0.4) is 0 Å². The standard InChI is InChI=1S/C38H63N5O7S2/c1-4-6-8-10-12-14-15-17-19-21-24-49-29(22-20-18-16-13-11-9-7-5-2)26-48-28-50-37(46)31-23-25-51-36-33(35(45)43(31)36)41-34(44)32(42-47-3)30-27-52-38(39)40-30/h23,25,27,29,31,33,36H,4-22,24,26,28H2,1-3H3,(H2,39,40)(H,41,44)/t29?,31?,33?,36-/m1/s1. The van der Waals surface area contributed by atoms with Gasteiger partial charge in [0.05, 0.1) is 12.7 Å². The molecule has 294 valence electrons. The zero-order chi connectivity index (χ0) is 37.4. The third-order valence-electron chi connectivity index (χ3n) is 9.37. The summed E-state index contributed by atoms with van der Waals surface area (Å²) in [5.74, 6) is -1.63. The van der Waals surface area contributed by atoms with Crippen LogP contribution in [-0.4, -0.2) is 84.1 Å². The molecule has 0 radical (unpaired) electrons. The number of hydrogen-bond acceptors (Lipinski definition) is 12. The lowest BCUT2D eigenvalue weighted by molar-refractivity contribution is -0.172. The van der Waals surface area contributed by atoms with E-state index < -0.39 is 35.2 Å². The minimum absolute atomic E-state index is 0.0543. The highest BCUT2D eigenvalue weighted by atomic mass is 32.2. The van der Waals surface area contributed by atoms with Gasteiger partial charge in [0.25, 0.3) is 5.91 Å². The summed E-state index contributed by atoms with van der Waals surface area (Å²) in [5, 5.41) is 9.58. The first-order valence-corrected chi connectivity index (χ1v) is 21.4. The van der Waals surface area contributed by atoms with Crippen molar-refractivity contribution in [1.29, 1.82) is 0 Å². The number of nitrogens with zero attached hydrogens (tertiary/aromatic N) is 3. The van der Waals surface area contributed by atoms with Crippen LogP contribution in [0, 0.1) is 0 Å². The molecule has 1 fully saturated rings. The largest absolute Gasteiger partial charge is 0.437 e. The molecule has 0 saturated carbocycles. The topological polar surface area (TPSA) is 155 Å². The van der Waals surface area contributed by atoms with Crippen molar-refractivity contribution in [2.75, 3.05) is 32.9 Å². The summed E-state index contributed by atoms with van der Waals surface area (Å²) >= 11 is 2.48. The lowest BCUT2D eigenvalue weighted by atomic mass is 10.0. The molecular formula is C38H63N5O7S2. The van der Waals surface area contributed by atoms with E-state index >= 15 is 0 Å². The highest BCUT2D eigenvalue weighted by Gasteiger charge is 2.54. The van der Waals surface area contributed by atoms with Gasteiger partial charge in [-0.3, -0.25) is 9.59 Å². The molecule has 3 rings (SSSR count). The molecule has 0 spiro atoms. The predicted molar refractivity (Wildman–Crippen MR) is 209 cm³/mol. The van der Waals surface area contributed by atoms with Gasteiger partial charge in [0.1, 0.15) is 30.3 Å². The van der Waals surface area contributed by atoms with Crippen LogP contribution in [0.1, 0.15) is 142 Å². The van der Waals surface area contributed by atoms with Crippen molar-refractivity contribution in [2.24, 2.45) is 5.16 Å². The number of β-lactam (4-membered cyclic amide) rings is 1. The number of hydrogen-bond donors (Lipinski definition) is 2. The van der Waals surface area contributed by atoms with Crippen molar-refractivity contribution in [1.82, 2.24) is 15.2 Å². The fourth-order valence-corrected chi connectivity index (χ4v) is 8.03. The summed E-state index contributed by atoms with van der Waals surface area (Å²) in [4.78, 5) is 49.6. The molecule has 12 nitrogen and oxygen atoms in total. The van der Waals surface area contributed by atoms with Crippen LogP contribution in [0.2, 0.25) is 0 Å². The van der Waals surface area contributed by atoms with Crippen LogP contribution < -0.4 is 11.1 Å². The third kappa shape index (κ3) is 15.4. The van der Waals surface area contributed by atoms with Gasteiger partial charge in [0.2, 0.25) is 5.91 Å². The van der Waals surface area contributed by atoms with Crippen molar-refractivity contribution >= 4 is 51.7 Å². The zero-order valence-electron chi connectivity index (χ0n) is 31.7. The van der Waals surface area contributed by atoms with Gasteiger partial charge in [-0.25, -0.2) is 9.78 Å². The number of amides is 2. The predicted octanol–water partition coefficient (Wildman–Crippen LogP) is 7.71. The molecule has 1 saturated heterocycles. The average molecular weight is 766 g/mol. The van der Waals surface area contributed by atoms with E-state index in [0.29, 0.717) is 13.2 Å². The molecule has 14 heteroatoms. The summed E-state index contributed by atoms with van der Waals surface area (Å²) in [7, 11) is 1.31. The minimum atomic E-state index is -0.915. The monoisotopic (exact) mass is 765 g/mol. The molecule has 3 unspecified atom stereocenters. The Hall–Kier alpha value is -2.68. The number of thiazole rings is 1. The molecule has 4 atom stereocenters. The number of rotatable bonds is 30. The van der Waals surface area contributed by atoms with Crippen LogP contribution in [0.25, 0.3) is 0 Å². The number of thioether (sulfide) groups is 1. The quantitative estimate of drug-likeness (QED) is 0.0199. The van der Waals surface area contributed by atoms with Crippen molar-refractivity contribution in [3.05, 3.63) is 22.6 Å². The number of esters is 1. The second kappa shape index (κ2) is 26.2. The summed E-state index contributed by atoms with van der Waals surface area (Å²) in [5.41, 5.74) is 5.86. The molecule has 0 aliphatic carbocycles. The number of aromatic nitrogens is 1. The maximum absolute atomic E-state index is 13.2. The molecule has 1 aromatic rings. The number of unbranched alkanes of at least 4 members (excludes halogenated alkanes) is 16. The van der Waals surface area contributed by atoms with Crippen LogP contribution >= 0.6 is 23.1 Å². The SMILES string of the molecule is CCCCCCCCCCCCOC(CCCCCCCCCC)COCOC(=O)C1C=CS[C@@H]2C(NC(=O)C(=NOC)c3csc(N)n3)C(=O)N12. The molecule has 52 heavy (non-hydrogen) atoms. The Balaban J connectivity index is 1.39. The molecular weight excluding hydrogens is 703 g/mol. The van der Waals surface area contributed by atoms with Gasteiger partial charge in [-0.1, -0.05) is 128 Å². The van der Waals surface area contributed by atoms with E-state index in [2.05, 4.69) is 29.3 Å².